The maximum absolute atomic E-state index is 16.4. The fourth-order valence-corrected chi connectivity index (χ4v) is 6.97. The first-order valence-corrected chi connectivity index (χ1v) is 18.9. The summed E-state index contributed by atoms with van der Waals surface area (Å²) in [5.74, 6) is -3.22. The second-order valence-electron chi connectivity index (χ2n) is 12.7. The fourth-order valence-electron chi connectivity index (χ4n) is 6.13. The van der Waals surface area contributed by atoms with Crippen molar-refractivity contribution in [1.29, 1.82) is 0 Å². The average Bonchev–Trinajstić information content (AvgIpc) is 3.24. The Kier molecular flexibility index (Phi) is 10.2. The number of esters is 1. The molecule has 0 aliphatic carbocycles. The van der Waals surface area contributed by atoms with Crippen molar-refractivity contribution in [1.82, 2.24) is 4.90 Å². The molecule has 3 aromatic carbocycles. The van der Waals surface area contributed by atoms with Gasteiger partial charge in [0, 0.05) is 46.1 Å². The van der Waals surface area contributed by atoms with Crippen molar-refractivity contribution in [3.05, 3.63) is 104 Å². The summed E-state index contributed by atoms with van der Waals surface area (Å²) in [4.78, 5) is 42.8. The van der Waals surface area contributed by atoms with Gasteiger partial charge in [-0.3, -0.25) is 19.3 Å². The summed E-state index contributed by atoms with van der Waals surface area (Å²) in [6.07, 6.45) is 7.32. The average molecular weight is 691 g/mol. The van der Waals surface area contributed by atoms with E-state index in [4.69, 9.17) is 32.7 Å². The van der Waals surface area contributed by atoms with E-state index in [1.54, 1.807) is 31.2 Å². The van der Waals surface area contributed by atoms with E-state index in [0.717, 1.165) is 11.0 Å². The van der Waals surface area contributed by atoms with Crippen molar-refractivity contribution in [2.45, 2.75) is 31.5 Å². The van der Waals surface area contributed by atoms with E-state index in [-0.39, 0.29) is 40.6 Å². The molecule has 0 saturated carbocycles. The fraction of sp³-hybridized carbons (Fsp3) is 0.400. The van der Waals surface area contributed by atoms with Gasteiger partial charge in [-0.1, -0.05) is 47.5 Å². The maximum Gasteiger partial charge on any atom is 0.311 e. The van der Waals surface area contributed by atoms with Crippen molar-refractivity contribution in [3.63, 3.8) is 0 Å². The van der Waals surface area contributed by atoms with Crippen LogP contribution in [0.25, 0.3) is 0 Å². The molecule has 2 heterocycles. The zero-order valence-corrected chi connectivity index (χ0v) is 28.6. The van der Waals surface area contributed by atoms with Crippen LogP contribution >= 0.6 is 33.2 Å². The number of ether oxygens (including phenoxy) is 2. The number of amides is 1. The Morgan fingerprint density at radius 1 is 1.04 bits per heavy atom. The SMILES string of the molecule is C[C@H](C(=O)OCCS(C)(C)C)[C@@H](c1ccc(Cl)cc1)N1C(=O)c2cc(C(=O)C3CCOCC3)cc(F)c2[C@]1(O)c1ccc(Cl)cc1. The van der Waals surface area contributed by atoms with Crippen molar-refractivity contribution in [2.75, 3.05) is 44.3 Å². The van der Waals surface area contributed by atoms with Gasteiger partial charge in [0.1, 0.15) is 5.82 Å². The van der Waals surface area contributed by atoms with Crippen molar-refractivity contribution < 1.29 is 33.4 Å². The van der Waals surface area contributed by atoms with Gasteiger partial charge >= 0.3 is 5.97 Å². The molecule has 1 saturated heterocycles. The second kappa shape index (κ2) is 13.6. The van der Waals surface area contributed by atoms with Gasteiger partial charge in [-0.15, -0.1) is 0 Å². The van der Waals surface area contributed by atoms with Crippen LogP contribution in [0.5, 0.6) is 0 Å². The first-order chi connectivity index (χ1) is 21.7. The number of rotatable bonds is 10. The number of carbonyl (C=O) groups is 3. The molecule has 46 heavy (non-hydrogen) atoms. The summed E-state index contributed by atoms with van der Waals surface area (Å²) < 4.78 is 27.5. The lowest BCUT2D eigenvalue weighted by Crippen LogP contribution is -2.50. The number of benzene rings is 3. The molecule has 11 heteroatoms. The standard InChI is InChI=1S/C35H38Cl2FNO6S/c1-21(34(42)45-17-18-46(2,3)4)31(22-5-9-26(36)10-6-22)39-33(41)28-19-24(32(40)23-13-15-44-16-14-23)20-29(38)30(28)35(39,43)25-7-11-27(37)12-8-25/h5-12,19-21,23,31,43H,13-18H2,1-4H3/t21-,31-,35+/m0/s1. The highest BCUT2D eigenvalue weighted by molar-refractivity contribution is 8.32. The quantitative estimate of drug-likeness (QED) is 0.182. The van der Waals surface area contributed by atoms with Gasteiger partial charge in [0.25, 0.3) is 5.91 Å². The summed E-state index contributed by atoms with van der Waals surface area (Å²) in [6, 6.07) is 13.9. The molecule has 0 unspecified atom stereocenters. The molecule has 3 aromatic rings. The van der Waals surface area contributed by atoms with E-state index in [1.165, 1.54) is 30.3 Å². The molecule has 0 spiro atoms. The third kappa shape index (κ3) is 6.85. The third-order valence-electron chi connectivity index (χ3n) is 8.64. The van der Waals surface area contributed by atoms with Crippen LogP contribution in [0.1, 0.15) is 63.2 Å². The van der Waals surface area contributed by atoms with Crippen LogP contribution in [0, 0.1) is 17.7 Å². The lowest BCUT2D eigenvalue weighted by atomic mass is 9.86. The first kappa shape index (κ1) is 34.4. The Hall–Kier alpha value is -2.95. The largest absolute Gasteiger partial charge is 0.465 e. The molecule has 1 N–H and O–H groups in total. The summed E-state index contributed by atoms with van der Waals surface area (Å²) in [7, 11) is -0.949. The van der Waals surface area contributed by atoms with Crippen molar-refractivity contribution in [2.24, 2.45) is 11.8 Å². The predicted molar refractivity (Wildman–Crippen MR) is 179 cm³/mol. The molecule has 0 aromatic heterocycles. The maximum atomic E-state index is 16.4. The molecular weight excluding hydrogens is 652 g/mol. The summed E-state index contributed by atoms with van der Waals surface area (Å²) in [6.45, 7) is 2.64. The van der Waals surface area contributed by atoms with Gasteiger partial charge in [0.05, 0.1) is 29.7 Å². The monoisotopic (exact) mass is 689 g/mol. The number of Topliss-reactive ketones (excluding diaryl/α,β-unsaturated/α-hetero) is 1. The summed E-state index contributed by atoms with van der Waals surface area (Å²) in [5, 5.41) is 13.5. The number of aliphatic hydroxyl groups is 1. The molecule has 1 fully saturated rings. The van der Waals surface area contributed by atoms with E-state index < -0.39 is 45.4 Å². The first-order valence-electron chi connectivity index (χ1n) is 15.1. The number of nitrogens with zero attached hydrogens (tertiary/aromatic N) is 1. The van der Waals surface area contributed by atoms with Gasteiger partial charge < -0.3 is 14.6 Å². The minimum atomic E-state index is -2.38. The van der Waals surface area contributed by atoms with Crippen LogP contribution in [0.15, 0.2) is 60.7 Å². The van der Waals surface area contributed by atoms with E-state index in [9.17, 15) is 19.5 Å². The van der Waals surface area contributed by atoms with Gasteiger partial charge in [-0.2, -0.15) is 0 Å². The van der Waals surface area contributed by atoms with E-state index in [0.29, 0.717) is 47.4 Å². The lowest BCUT2D eigenvalue weighted by molar-refractivity contribution is -0.153. The predicted octanol–water partition coefficient (Wildman–Crippen LogP) is 7.01. The van der Waals surface area contributed by atoms with Crippen LogP contribution in [0.3, 0.4) is 0 Å². The Labute approximate surface area is 280 Å². The summed E-state index contributed by atoms with van der Waals surface area (Å²) in [5.41, 5.74) is -2.18. The molecule has 0 radical (unpaired) electrons. The molecule has 1 amide bonds. The van der Waals surface area contributed by atoms with Gasteiger partial charge in [0.2, 0.25) is 0 Å². The van der Waals surface area contributed by atoms with E-state index in [1.807, 2.05) is 0 Å². The van der Waals surface area contributed by atoms with Gasteiger partial charge in [0.15, 0.2) is 11.5 Å². The normalized spacial score (nSPS) is 20.3. The Morgan fingerprint density at radius 3 is 2.22 bits per heavy atom. The van der Waals surface area contributed by atoms with Crippen LogP contribution < -0.4 is 0 Å². The number of ketones is 1. The molecule has 246 valence electrons. The van der Waals surface area contributed by atoms with Gasteiger partial charge in [-0.05, 0) is 80.5 Å². The highest BCUT2D eigenvalue weighted by atomic mass is 35.5. The molecule has 2 aliphatic rings. The van der Waals surface area contributed by atoms with Crippen LogP contribution in [-0.4, -0.2) is 72.0 Å². The number of halogens is 3. The van der Waals surface area contributed by atoms with Crippen molar-refractivity contribution in [3.8, 4) is 0 Å². The molecule has 0 bridgehead atoms. The minimum absolute atomic E-state index is 0.0389. The number of fused-ring (bicyclic) bond motifs is 1. The van der Waals surface area contributed by atoms with E-state index >= 15 is 4.39 Å². The van der Waals surface area contributed by atoms with Crippen LogP contribution in [-0.2, 0) is 20.0 Å². The number of hydrogen-bond acceptors (Lipinski definition) is 6. The topological polar surface area (TPSA) is 93.1 Å². The zero-order valence-electron chi connectivity index (χ0n) is 26.2. The highest BCUT2D eigenvalue weighted by Crippen LogP contribution is 2.50. The van der Waals surface area contributed by atoms with Crippen LogP contribution in [0.2, 0.25) is 10.0 Å². The third-order valence-corrected chi connectivity index (χ3v) is 10.5. The second-order valence-corrected chi connectivity index (χ2v) is 18.2. The Morgan fingerprint density at radius 2 is 1.63 bits per heavy atom. The number of hydrogen-bond donors (Lipinski definition) is 1. The van der Waals surface area contributed by atoms with Gasteiger partial charge in [-0.25, -0.2) is 14.4 Å². The Balaban J connectivity index is 1.66. The zero-order chi connectivity index (χ0) is 33.4. The lowest BCUT2D eigenvalue weighted by Gasteiger charge is -2.42. The number of carbonyl (C=O) groups excluding carboxylic acids is 3. The van der Waals surface area contributed by atoms with E-state index in [2.05, 4.69) is 18.8 Å². The molecular formula is C35H38Cl2FNO6S. The Bertz CT molecular complexity index is 1620. The molecule has 5 rings (SSSR count). The molecule has 7 nitrogen and oxygen atoms in total. The highest BCUT2D eigenvalue weighted by Gasteiger charge is 2.56. The van der Waals surface area contributed by atoms with Crippen LogP contribution in [0.4, 0.5) is 4.39 Å². The molecule has 2 aliphatic heterocycles. The molecule has 3 atom stereocenters. The smallest absolute Gasteiger partial charge is 0.311 e. The summed E-state index contributed by atoms with van der Waals surface area (Å²) >= 11 is 12.4. The minimum Gasteiger partial charge on any atom is -0.465 e. The van der Waals surface area contributed by atoms with Crippen molar-refractivity contribution >= 4 is 50.9 Å².